The van der Waals surface area contributed by atoms with Gasteiger partial charge in [0.25, 0.3) is 0 Å². The second-order valence-electron chi connectivity index (χ2n) is 3.16. The van der Waals surface area contributed by atoms with Crippen LogP contribution in [0.5, 0.6) is 0 Å². The zero-order chi connectivity index (χ0) is 8.10. The minimum absolute atomic E-state index is 0.177. The van der Waals surface area contributed by atoms with E-state index in [9.17, 15) is 5.11 Å². The number of hydrogen-bond acceptors (Lipinski definition) is 3. The maximum Gasteiger partial charge on any atom is 0.0791 e. The summed E-state index contributed by atoms with van der Waals surface area (Å²) in [5.74, 6) is 0. The molecule has 2 N–H and O–H groups in total. The largest absolute Gasteiger partial charge is 0.390 e. The molecule has 0 aromatic rings. The molecule has 1 rings (SSSR count). The van der Waals surface area contributed by atoms with Crippen molar-refractivity contribution in [3.63, 3.8) is 0 Å². The SMILES string of the molecule is CCCN1CCNCC(O)C1. The summed E-state index contributed by atoms with van der Waals surface area (Å²) in [6, 6.07) is 0. The lowest BCUT2D eigenvalue weighted by Crippen LogP contribution is -2.33. The number of rotatable bonds is 2. The lowest BCUT2D eigenvalue weighted by molar-refractivity contribution is 0.130. The minimum atomic E-state index is -0.177. The Morgan fingerprint density at radius 3 is 3.18 bits per heavy atom. The third kappa shape index (κ3) is 3.18. The molecule has 3 nitrogen and oxygen atoms in total. The van der Waals surface area contributed by atoms with Gasteiger partial charge in [-0.2, -0.15) is 0 Å². The van der Waals surface area contributed by atoms with E-state index in [1.807, 2.05) is 0 Å². The molecule has 0 radical (unpaired) electrons. The van der Waals surface area contributed by atoms with Gasteiger partial charge in [0.1, 0.15) is 0 Å². The number of nitrogens with zero attached hydrogens (tertiary/aromatic N) is 1. The zero-order valence-corrected chi connectivity index (χ0v) is 7.21. The molecule has 11 heavy (non-hydrogen) atoms. The molecule has 1 heterocycles. The summed E-state index contributed by atoms with van der Waals surface area (Å²) in [5, 5.41) is 12.6. The fourth-order valence-electron chi connectivity index (χ4n) is 1.48. The van der Waals surface area contributed by atoms with E-state index < -0.39 is 0 Å². The molecule has 3 heteroatoms. The molecule has 0 aromatic carbocycles. The highest BCUT2D eigenvalue weighted by atomic mass is 16.3. The van der Waals surface area contributed by atoms with Gasteiger partial charge in [-0.3, -0.25) is 4.90 Å². The van der Waals surface area contributed by atoms with Crippen molar-refractivity contribution in [2.24, 2.45) is 0 Å². The second-order valence-corrected chi connectivity index (χ2v) is 3.16. The third-order valence-electron chi connectivity index (χ3n) is 1.99. The molecule has 0 saturated carbocycles. The maximum atomic E-state index is 9.38. The summed E-state index contributed by atoms with van der Waals surface area (Å²) in [4.78, 5) is 2.31. The summed E-state index contributed by atoms with van der Waals surface area (Å²) in [6.45, 7) is 6.95. The van der Waals surface area contributed by atoms with E-state index in [0.717, 1.165) is 32.7 Å². The van der Waals surface area contributed by atoms with Crippen molar-refractivity contribution in [1.82, 2.24) is 10.2 Å². The summed E-state index contributed by atoms with van der Waals surface area (Å²) in [7, 11) is 0. The molecule has 66 valence electrons. The number of nitrogens with one attached hydrogen (secondary N) is 1. The van der Waals surface area contributed by atoms with Crippen LogP contribution in [0.2, 0.25) is 0 Å². The fourth-order valence-corrected chi connectivity index (χ4v) is 1.48. The summed E-state index contributed by atoms with van der Waals surface area (Å²) >= 11 is 0. The van der Waals surface area contributed by atoms with Crippen molar-refractivity contribution in [2.75, 3.05) is 32.7 Å². The molecule has 0 spiro atoms. The fraction of sp³-hybridized carbons (Fsp3) is 1.00. The first kappa shape index (κ1) is 8.97. The van der Waals surface area contributed by atoms with Crippen molar-refractivity contribution in [3.8, 4) is 0 Å². The quantitative estimate of drug-likeness (QED) is 0.577. The van der Waals surface area contributed by atoms with Crippen LogP contribution in [-0.4, -0.2) is 48.8 Å². The molecular weight excluding hydrogens is 140 g/mol. The maximum absolute atomic E-state index is 9.38. The molecule has 1 atom stereocenters. The van der Waals surface area contributed by atoms with Gasteiger partial charge in [0.2, 0.25) is 0 Å². The van der Waals surface area contributed by atoms with Crippen LogP contribution in [0.4, 0.5) is 0 Å². The minimum Gasteiger partial charge on any atom is -0.390 e. The van der Waals surface area contributed by atoms with Crippen molar-refractivity contribution in [1.29, 1.82) is 0 Å². The zero-order valence-electron chi connectivity index (χ0n) is 7.21. The molecule has 1 aliphatic heterocycles. The summed E-state index contributed by atoms with van der Waals surface area (Å²) in [5.41, 5.74) is 0. The Morgan fingerprint density at radius 2 is 2.45 bits per heavy atom. The molecule has 1 unspecified atom stereocenters. The van der Waals surface area contributed by atoms with Gasteiger partial charge < -0.3 is 10.4 Å². The molecular formula is C8H18N2O. The van der Waals surface area contributed by atoms with Gasteiger partial charge in [0, 0.05) is 26.2 Å². The van der Waals surface area contributed by atoms with Gasteiger partial charge >= 0.3 is 0 Å². The highest BCUT2D eigenvalue weighted by Gasteiger charge is 2.13. The summed E-state index contributed by atoms with van der Waals surface area (Å²) in [6.07, 6.45) is 0.997. The Labute approximate surface area is 68.4 Å². The van der Waals surface area contributed by atoms with Crippen molar-refractivity contribution in [2.45, 2.75) is 19.4 Å². The Bertz CT molecular complexity index is 108. The van der Waals surface area contributed by atoms with E-state index in [2.05, 4.69) is 17.1 Å². The molecule has 0 bridgehead atoms. The van der Waals surface area contributed by atoms with Crippen LogP contribution < -0.4 is 5.32 Å². The first-order valence-corrected chi connectivity index (χ1v) is 4.44. The van der Waals surface area contributed by atoms with Crippen LogP contribution >= 0.6 is 0 Å². The van der Waals surface area contributed by atoms with Crippen LogP contribution in [0.15, 0.2) is 0 Å². The standard InChI is InChI=1S/C8H18N2O/c1-2-4-10-5-3-9-6-8(11)7-10/h8-9,11H,2-7H2,1H3. The van der Waals surface area contributed by atoms with Gasteiger partial charge in [0.15, 0.2) is 0 Å². The molecule has 1 aliphatic rings. The number of β-amino-alcohol motifs (C(OH)–C–C–N with tert-alkyl or cyclic N) is 1. The number of hydrogen-bond donors (Lipinski definition) is 2. The van der Waals surface area contributed by atoms with Crippen LogP contribution in [0.25, 0.3) is 0 Å². The molecule has 0 aromatic heterocycles. The van der Waals surface area contributed by atoms with Crippen LogP contribution in [-0.2, 0) is 0 Å². The average molecular weight is 158 g/mol. The average Bonchev–Trinajstić information content (AvgIpc) is 2.15. The molecule has 0 aliphatic carbocycles. The van der Waals surface area contributed by atoms with Gasteiger partial charge in [-0.25, -0.2) is 0 Å². The topological polar surface area (TPSA) is 35.5 Å². The van der Waals surface area contributed by atoms with Gasteiger partial charge in [0.05, 0.1) is 6.10 Å². The predicted molar refractivity (Wildman–Crippen MR) is 45.6 cm³/mol. The highest BCUT2D eigenvalue weighted by molar-refractivity contribution is 4.71. The normalized spacial score (nSPS) is 28.4. The van der Waals surface area contributed by atoms with Crippen molar-refractivity contribution < 1.29 is 5.11 Å². The van der Waals surface area contributed by atoms with Gasteiger partial charge in [-0.05, 0) is 13.0 Å². The predicted octanol–water partition coefficient (Wildman–Crippen LogP) is -0.338. The van der Waals surface area contributed by atoms with Crippen LogP contribution in [0.1, 0.15) is 13.3 Å². The molecule has 0 amide bonds. The Hall–Kier alpha value is -0.120. The molecule has 1 fully saturated rings. The summed E-state index contributed by atoms with van der Waals surface area (Å²) < 4.78 is 0. The van der Waals surface area contributed by atoms with Crippen molar-refractivity contribution in [3.05, 3.63) is 0 Å². The van der Waals surface area contributed by atoms with E-state index >= 15 is 0 Å². The second kappa shape index (κ2) is 4.70. The first-order valence-electron chi connectivity index (χ1n) is 4.44. The Kier molecular flexibility index (Phi) is 3.83. The number of aliphatic hydroxyl groups excluding tert-OH is 1. The molecule has 1 saturated heterocycles. The van der Waals surface area contributed by atoms with Gasteiger partial charge in [-0.15, -0.1) is 0 Å². The first-order chi connectivity index (χ1) is 5.33. The van der Waals surface area contributed by atoms with Crippen LogP contribution in [0, 0.1) is 0 Å². The number of aliphatic hydroxyl groups is 1. The van der Waals surface area contributed by atoms with E-state index in [-0.39, 0.29) is 6.10 Å². The van der Waals surface area contributed by atoms with Crippen molar-refractivity contribution >= 4 is 0 Å². The Balaban J connectivity index is 2.27. The lowest BCUT2D eigenvalue weighted by atomic mass is 10.3. The third-order valence-corrected chi connectivity index (χ3v) is 1.99. The van der Waals surface area contributed by atoms with Crippen LogP contribution in [0.3, 0.4) is 0 Å². The lowest BCUT2D eigenvalue weighted by Gasteiger charge is -2.19. The van der Waals surface area contributed by atoms with E-state index in [1.54, 1.807) is 0 Å². The van der Waals surface area contributed by atoms with Gasteiger partial charge in [-0.1, -0.05) is 6.92 Å². The monoisotopic (exact) mass is 158 g/mol. The van der Waals surface area contributed by atoms with E-state index in [1.165, 1.54) is 6.42 Å². The van der Waals surface area contributed by atoms with E-state index in [0.29, 0.717) is 0 Å². The smallest absolute Gasteiger partial charge is 0.0791 e. The highest BCUT2D eigenvalue weighted by Crippen LogP contribution is 1.96. The Morgan fingerprint density at radius 1 is 1.64 bits per heavy atom. The van der Waals surface area contributed by atoms with E-state index in [4.69, 9.17) is 0 Å².